The lowest BCUT2D eigenvalue weighted by Gasteiger charge is -2.10. The molecule has 21 heavy (non-hydrogen) atoms. The highest BCUT2D eigenvalue weighted by Crippen LogP contribution is 2.16. The molecule has 112 valence electrons. The number of rotatable bonds is 6. The van der Waals surface area contributed by atoms with Gasteiger partial charge in [0.25, 0.3) is 0 Å². The minimum absolute atomic E-state index is 0.298. The van der Waals surface area contributed by atoms with Gasteiger partial charge in [-0.3, -0.25) is 0 Å². The number of carbonyl (C=O) groups excluding carboxylic acids is 1. The van der Waals surface area contributed by atoms with E-state index in [1.54, 1.807) is 19.3 Å². The molecule has 2 aromatic heterocycles. The highest BCUT2D eigenvalue weighted by atomic mass is 16.5. The van der Waals surface area contributed by atoms with Crippen LogP contribution in [0.15, 0.2) is 18.6 Å². The second-order valence-corrected chi connectivity index (χ2v) is 4.42. The number of nitrogens with two attached hydrogens (primary N) is 1. The molecule has 0 aliphatic rings. The maximum atomic E-state index is 11.9. The smallest absolute Gasteiger partial charge is 0.341 e. The Morgan fingerprint density at radius 3 is 3.00 bits per heavy atom. The van der Waals surface area contributed by atoms with Gasteiger partial charge in [-0.2, -0.15) is 0 Å². The minimum atomic E-state index is -0.446. The summed E-state index contributed by atoms with van der Waals surface area (Å²) < 4.78 is 6.83. The van der Waals surface area contributed by atoms with Crippen LogP contribution in [0.25, 0.3) is 0 Å². The van der Waals surface area contributed by atoms with E-state index in [2.05, 4.69) is 20.5 Å². The third-order valence-electron chi connectivity index (χ3n) is 2.85. The summed E-state index contributed by atoms with van der Waals surface area (Å²) in [6.45, 7) is 2.61. The molecule has 0 saturated carbocycles. The Labute approximate surface area is 122 Å². The number of nitrogens with zero attached hydrogens (tertiary/aromatic N) is 4. The molecule has 0 aromatic carbocycles. The van der Waals surface area contributed by atoms with E-state index in [4.69, 9.17) is 10.5 Å². The Balaban J connectivity index is 2.05. The van der Waals surface area contributed by atoms with Crippen molar-refractivity contribution < 1.29 is 9.53 Å². The number of ether oxygens (including phenoxy) is 1. The molecule has 0 bridgehead atoms. The summed E-state index contributed by atoms with van der Waals surface area (Å²) in [5.41, 5.74) is 6.41. The van der Waals surface area contributed by atoms with Crippen LogP contribution in [0.4, 0.5) is 11.5 Å². The molecule has 0 aliphatic heterocycles. The van der Waals surface area contributed by atoms with E-state index in [-0.39, 0.29) is 0 Å². The van der Waals surface area contributed by atoms with Gasteiger partial charge in [0.1, 0.15) is 23.5 Å². The summed E-state index contributed by atoms with van der Waals surface area (Å²) in [7, 11) is 1.88. The van der Waals surface area contributed by atoms with Crippen LogP contribution in [0.5, 0.6) is 0 Å². The molecule has 2 heterocycles. The van der Waals surface area contributed by atoms with Crippen LogP contribution in [-0.2, 0) is 18.2 Å². The van der Waals surface area contributed by atoms with Gasteiger partial charge in [0.05, 0.1) is 18.5 Å². The minimum Gasteiger partial charge on any atom is -0.462 e. The fourth-order valence-corrected chi connectivity index (χ4v) is 1.81. The quantitative estimate of drug-likeness (QED) is 0.751. The van der Waals surface area contributed by atoms with Gasteiger partial charge in [-0.15, -0.1) is 10.2 Å². The van der Waals surface area contributed by atoms with Gasteiger partial charge in [0, 0.05) is 20.0 Å². The molecule has 2 aromatic rings. The number of hydrogen-bond donors (Lipinski definition) is 2. The molecule has 0 atom stereocenters. The van der Waals surface area contributed by atoms with E-state index in [1.807, 2.05) is 11.6 Å². The maximum absolute atomic E-state index is 11.9. The number of nitrogen functional groups attached to an aromatic ring is 1. The van der Waals surface area contributed by atoms with E-state index >= 15 is 0 Å². The van der Waals surface area contributed by atoms with Crippen LogP contribution in [0.2, 0.25) is 0 Å². The largest absolute Gasteiger partial charge is 0.462 e. The van der Waals surface area contributed by atoms with Crippen molar-refractivity contribution in [1.29, 1.82) is 0 Å². The van der Waals surface area contributed by atoms with Crippen molar-refractivity contribution in [3.05, 3.63) is 30.0 Å². The third-order valence-corrected chi connectivity index (χ3v) is 2.85. The van der Waals surface area contributed by atoms with Crippen LogP contribution < -0.4 is 11.1 Å². The molecule has 0 aliphatic carbocycles. The summed E-state index contributed by atoms with van der Waals surface area (Å²) in [5.74, 6) is 0.846. The van der Waals surface area contributed by atoms with Crippen LogP contribution in [0.1, 0.15) is 23.1 Å². The number of aryl methyl sites for hydroxylation is 1. The molecular formula is C13H18N6O2. The first-order valence-corrected chi connectivity index (χ1v) is 6.61. The van der Waals surface area contributed by atoms with Crippen molar-refractivity contribution in [3.63, 3.8) is 0 Å². The van der Waals surface area contributed by atoms with Crippen LogP contribution in [0, 0.1) is 0 Å². The topological polar surface area (TPSA) is 108 Å². The molecule has 0 radical (unpaired) electrons. The summed E-state index contributed by atoms with van der Waals surface area (Å²) in [5, 5.41) is 10.9. The van der Waals surface area contributed by atoms with Crippen molar-refractivity contribution in [2.45, 2.75) is 13.3 Å². The highest BCUT2D eigenvalue weighted by Gasteiger charge is 2.14. The zero-order valence-corrected chi connectivity index (χ0v) is 12.0. The molecule has 0 amide bonds. The average molecular weight is 290 g/mol. The first-order chi connectivity index (χ1) is 10.1. The van der Waals surface area contributed by atoms with Crippen molar-refractivity contribution >= 4 is 17.5 Å². The summed E-state index contributed by atoms with van der Waals surface area (Å²) in [4.78, 5) is 16.0. The second kappa shape index (κ2) is 6.69. The van der Waals surface area contributed by atoms with E-state index in [0.717, 1.165) is 5.82 Å². The van der Waals surface area contributed by atoms with Gasteiger partial charge in [-0.1, -0.05) is 0 Å². The van der Waals surface area contributed by atoms with Crippen molar-refractivity contribution in [3.8, 4) is 0 Å². The van der Waals surface area contributed by atoms with Gasteiger partial charge >= 0.3 is 5.97 Å². The Morgan fingerprint density at radius 1 is 1.52 bits per heavy atom. The van der Waals surface area contributed by atoms with E-state index in [1.165, 1.54) is 6.20 Å². The van der Waals surface area contributed by atoms with Gasteiger partial charge in [0.2, 0.25) is 0 Å². The van der Waals surface area contributed by atoms with Gasteiger partial charge in [0.15, 0.2) is 0 Å². The van der Waals surface area contributed by atoms with Gasteiger partial charge in [-0.25, -0.2) is 9.78 Å². The molecule has 0 spiro atoms. The SMILES string of the molecule is CCOC(=O)c1cc(N)cnc1NCCc1nncn1C. The van der Waals surface area contributed by atoms with Gasteiger partial charge in [-0.05, 0) is 13.0 Å². The number of nitrogens with one attached hydrogen (secondary N) is 1. The molecule has 0 fully saturated rings. The predicted octanol–water partition coefficient (Wildman–Crippen LogP) is 0.624. The highest BCUT2D eigenvalue weighted by molar-refractivity contribution is 5.95. The van der Waals surface area contributed by atoms with Crippen LogP contribution >= 0.6 is 0 Å². The third kappa shape index (κ3) is 3.68. The summed E-state index contributed by atoms with van der Waals surface area (Å²) >= 11 is 0. The van der Waals surface area contributed by atoms with E-state index in [9.17, 15) is 4.79 Å². The maximum Gasteiger partial charge on any atom is 0.341 e. The number of pyridine rings is 1. The zero-order chi connectivity index (χ0) is 15.2. The Hall–Kier alpha value is -2.64. The second-order valence-electron chi connectivity index (χ2n) is 4.42. The average Bonchev–Trinajstić information content (AvgIpc) is 2.86. The molecule has 2 rings (SSSR count). The fraction of sp³-hybridized carbons (Fsp3) is 0.385. The van der Waals surface area contributed by atoms with Crippen molar-refractivity contribution in [1.82, 2.24) is 19.7 Å². The lowest BCUT2D eigenvalue weighted by atomic mass is 10.2. The fourth-order valence-electron chi connectivity index (χ4n) is 1.81. The molecular weight excluding hydrogens is 272 g/mol. The summed E-state index contributed by atoms with van der Waals surface area (Å²) in [6, 6.07) is 1.55. The number of carbonyl (C=O) groups is 1. The number of aromatic nitrogens is 4. The Morgan fingerprint density at radius 2 is 2.33 bits per heavy atom. The van der Waals surface area contributed by atoms with Crippen molar-refractivity contribution in [2.75, 3.05) is 24.2 Å². The van der Waals surface area contributed by atoms with E-state index in [0.29, 0.717) is 36.6 Å². The number of hydrogen-bond acceptors (Lipinski definition) is 7. The van der Waals surface area contributed by atoms with Crippen molar-refractivity contribution in [2.24, 2.45) is 7.05 Å². The molecule has 8 nitrogen and oxygen atoms in total. The summed E-state index contributed by atoms with van der Waals surface area (Å²) in [6.07, 6.45) is 3.79. The first kappa shape index (κ1) is 14.8. The van der Waals surface area contributed by atoms with Crippen LogP contribution in [0.3, 0.4) is 0 Å². The molecule has 3 N–H and O–H groups in total. The molecule has 8 heteroatoms. The Bertz CT molecular complexity index is 625. The predicted molar refractivity (Wildman–Crippen MR) is 77.8 cm³/mol. The number of esters is 1. The van der Waals surface area contributed by atoms with Crippen LogP contribution in [-0.4, -0.2) is 38.9 Å². The lowest BCUT2D eigenvalue weighted by Crippen LogP contribution is -2.15. The first-order valence-electron chi connectivity index (χ1n) is 6.61. The lowest BCUT2D eigenvalue weighted by molar-refractivity contribution is 0.0527. The van der Waals surface area contributed by atoms with Gasteiger partial charge < -0.3 is 20.4 Å². The zero-order valence-electron chi connectivity index (χ0n) is 12.0. The normalized spacial score (nSPS) is 10.4. The number of anilines is 2. The standard InChI is InChI=1S/C13H18N6O2/c1-3-21-13(20)10-6-9(14)7-16-12(10)15-5-4-11-18-17-8-19(11)2/h6-8H,3-5,14H2,1-2H3,(H,15,16). The molecule has 0 unspecified atom stereocenters. The Kier molecular flexibility index (Phi) is 4.70. The van der Waals surface area contributed by atoms with E-state index < -0.39 is 5.97 Å². The molecule has 0 saturated heterocycles. The monoisotopic (exact) mass is 290 g/mol.